The maximum Gasteiger partial charge on any atom is 0.0790 e. The van der Waals surface area contributed by atoms with Gasteiger partial charge in [0.25, 0.3) is 0 Å². The van der Waals surface area contributed by atoms with Gasteiger partial charge < -0.3 is 16.8 Å². The summed E-state index contributed by atoms with van der Waals surface area (Å²) in [6.45, 7) is 7.06. The van der Waals surface area contributed by atoms with Gasteiger partial charge in [-0.1, -0.05) is 57.1 Å². The van der Waals surface area contributed by atoms with E-state index in [4.69, 9.17) is 27.9 Å². The third kappa shape index (κ3) is 8.08. The van der Waals surface area contributed by atoms with Gasteiger partial charge in [-0.3, -0.25) is 0 Å². The molecule has 0 bridgehead atoms. The average Bonchev–Trinajstić information content (AvgIpc) is 2.92. The van der Waals surface area contributed by atoms with Crippen LogP contribution in [-0.4, -0.2) is 40.1 Å². The minimum Gasteiger partial charge on any atom is -0.413 e. The van der Waals surface area contributed by atoms with Crippen LogP contribution in [-0.2, 0) is 37.4 Å². The molecule has 0 aliphatic heterocycles. The van der Waals surface area contributed by atoms with Gasteiger partial charge in [-0.15, -0.1) is 23.2 Å². The summed E-state index contributed by atoms with van der Waals surface area (Å²) in [6, 6.07) is 8.33. The van der Waals surface area contributed by atoms with E-state index < -0.39 is 0 Å². The number of hydrogen-bond acceptors (Lipinski definition) is 3. The van der Waals surface area contributed by atoms with Crippen LogP contribution in [0.2, 0.25) is 0 Å². The first-order valence-corrected chi connectivity index (χ1v) is 11.5. The van der Waals surface area contributed by atoms with Crippen molar-refractivity contribution in [3.63, 3.8) is 0 Å². The third-order valence-corrected chi connectivity index (χ3v) is 7.48. The molecule has 1 aliphatic carbocycles. The maximum absolute atomic E-state index is 10.3. The number of hydrogen-bond donors (Lipinski definition) is 1. The Labute approximate surface area is 204 Å². The summed E-state index contributed by atoms with van der Waals surface area (Å²) >= 11 is 15.1. The molecule has 0 heterocycles. The SMILES string of the molecule is [CH2-]COCCSC1C(Cl)CC(Cl)C1c1ccc(C(O)CCCCC)cc1.[Y]. The van der Waals surface area contributed by atoms with E-state index in [0.29, 0.717) is 13.2 Å². The van der Waals surface area contributed by atoms with E-state index in [1.807, 2.05) is 23.9 Å². The van der Waals surface area contributed by atoms with Gasteiger partial charge in [-0.05, 0) is 24.0 Å². The Balaban J connectivity index is 0.00000364. The van der Waals surface area contributed by atoms with E-state index in [9.17, 15) is 5.11 Å². The zero-order valence-corrected chi connectivity index (χ0v) is 21.3. The molecule has 0 saturated heterocycles. The van der Waals surface area contributed by atoms with Crippen LogP contribution in [0, 0.1) is 6.92 Å². The Morgan fingerprint density at radius 3 is 2.56 bits per heavy atom. The van der Waals surface area contributed by atoms with Crippen molar-refractivity contribution >= 4 is 35.0 Å². The summed E-state index contributed by atoms with van der Waals surface area (Å²) < 4.78 is 5.34. The second kappa shape index (κ2) is 14.2. The van der Waals surface area contributed by atoms with Crippen molar-refractivity contribution in [2.75, 3.05) is 19.0 Å². The number of unbranched alkanes of at least 4 members (excludes halogenated alkanes) is 2. The Bertz CT molecular complexity index is 517. The van der Waals surface area contributed by atoms with E-state index in [0.717, 1.165) is 30.6 Å². The summed E-state index contributed by atoms with van der Waals surface area (Å²) in [5.74, 6) is 1.13. The molecule has 1 saturated carbocycles. The number of halogens is 2. The molecular weight excluding hydrogens is 476 g/mol. The topological polar surface area (TPSA) is 29.5 Å². The number of aliphatic hydroxyl groups excluding tert-OH is 1. The molecule has 2 rings (SSSR count). The van der Waals surface area contributed by atoms with E-state index in [2.05, 4.69) is 26.0 Å². The molecule has 1 fully saturated rings. The fourth-order valence-electron chi connectivity index (χ4n) is 3.57. The molecule has 1 aliphatic rings. The van der Waals surface area contributed by atoms with E-state index in [1.54, 1.807) is 0 Å². The molecule has 1 aromatic carbocycles. The van der Waals surface area contributed by atoms with Crippen molar-refractivity contribution in [3.8, 4) is 0 Å². The molecular formula is C21H31Cl2O2SY-. The Hall–Kier alpha value is 1.17. The first-order chi connectivity index (χ1) is 12.6. The number of alkyl halides is 2. The second-order valence-electron chi connectivity index (χ2n) is 6.92. The molecule has 6 heteroatoms. The first-order valence-electron chi connectivity index (χ1n) is 9.63. The smallest absolute Gasteiger partial charge is 0.0790 e. The number of aliphatic hydroxyl groups is 1. The molecule has 5 unspecified atom stereocenters. The van der Waals surface area contributed by atoms with Crippen molar-refractivity contribution in [2.24, 2.45) is 0 Å². The molecule has 2 nitrogen and oxygen atoms in total. The second-order valence-corrected chi connectivity index (χ2v) is 9.33. The fourth-order valence-corrected chi connectivity index (χ4v) is 6.17. The monoisotopic (exact) mass is 506 g/mol. The van der Waals surface area contributed by atoms with E-state index >= 15 is 0 Å². The van der Waals surface area contributed by atoms with Crippen LogP contribution >= 0.6 is 35.0 Å². The normalized spacial score (nSPS) is 26.0. The van der Waals surface area contributed by atoms with Crippen LogP contribution in [0.15, 0.2) is 24.3 Å². The summed E-state index contributed by atoms with van der Waals surface area (Å²) in [7, 11) is 0. The molecule has 1 N–H and O–H groups in total. The minimum atomic E-state index is -0.378. The largest absolute Gasteiger partial charge is 0.413 e. The van der Waals surface area contributed by atoms with Crippen LogP contribution in [0.4, 0.5) is 0 Å². The fraction of sp³-hybridized carbons (Fsp3) is 0.667. The third-order valence-electron chi connectivity index (χ3n) is 5.02. The van der Waals surface area contributed by atoms with Crippen molar-refractivity contribution in [2.45, 2.75) is 67.1 Å². The van der Waals surface area contributed by atoms with Crippen molar-refractivity contribution in [1.29, 1.82) is 0 Å². The summed E-state index contributed by atoms with van der Waals surface area (Å²) in [6.07, 6.45) is 4.67. The van der Waals surface area contributed by atoms with Gasteiger partial charge in [0.15, 0.2) is 0 Å². The van der Waals surface area contributed by atoms with Crippen molar-refractivity contribution in [1.82, 2.24) is 0 Å². The van der Waals surface area contributed by atoms with E-state index in [1.165, 1.54) is 18.4 Å². The minimum absolute atomic E-state index is 0. The Morgan fingerprint density at radius 1 is 1.22 bits per heavy atom. The maximum atomic E-state index is 10.3. The molecule has 1 radical (unpaired) electrons. The van der Waals surface area contributed by atoms with Gasteiger partial charge >= 0.3 is 0 Å². The van der Waals surface area contributed by atoms with Crippen molar-refractivity contribution in [3.05, 3.63) is 42.3 Å². The van der Waals surface area contributed by atoms with Crippen LogP contribution in [0.3, 0.4) is 0 Å². The molecule has 27 heavy (non-hydrogen) atoms. The Kier molecular flexibility index (Phi) is 13.8. The zero-order chi connectivity index (χ0) is 18.9. The molecule has 0 aromatic heterocycles. The molecule has 5 atom stereocenters. The van der Waals surface area contributed by atoms with Gasteiger partial charge in [0, 0.05) is 60.4 Å². The Morgan fingerprint density at radius 2 is 1.93 bits per heavy atom. The number of thioether (sulfide) groups is 1. The summed E-state index contributed by atoms with van der Waals surface area (Å²) in [5, 5.41) is 10.8. The predicted octanol–water partition coefficient (Wildman–Crippen LogP) is 5.95. The standard InChI is InChI=1S/C21H31Cl2O2S.Y/c1-3-5-6-7-19(24)15-8-10-16(11-9-15)20-17(22)14-18(23)21(20)26-13-12-25-4-2;/h8-11,17-21,24H,2-7,12-14H2,1H3;/q-1;. The van der Waals surface area contributed by atoms with Crippen LogP contribution < -0.4 is 0 Å². The van der Waals surface area contributed by atoms with Crippen LogP contribution in [0.5, 0.6) is 0 Å². The number of ether oxygens (including phenoxy) is 1. The van der Waals surface area contributed by atoms with Gasteiger partial charge in [0.05, 0.1) is 12.7 Å². The average molecular weight is 507 g/mol. The number of benzene rings is 1. The molecule has 0 amide bonds. The van der Waals surface area contributed by atoms with Crippen LogP contribution in [0.1, 0.15) is 62.2 Å². The number of rotatable bonds is 11. The van der Waals surface area contributed by atoms with Crippen LogP contribution in [0.25, 0.3) is 0 Å². The van der Waals surface area contributed by atoms with Gasteiger partial charge in [-0.2, -0.15) is 11.8 Å². The zero-order valence-electron chi connectivity index (χ0n) is 16.2. The predicted molar refractivity (Wildman–Crippen MR) is 115 cm³/mol. The first kappa shape index (κ1) is 26.2. The molecule has 1 aromatic rings. The quantitative estimate of drug-likeness (QED) is 0.228. The molecule has 0 spiro atoms. The van der Waals surface area contributed by atoms with Gasteiger partial charge in [-0.25, -0.2) is 0 Å². The summed E-state index contributed by atoms with van der Waals surface area (Å²) in [5.41, 5.74) is 2.21. The van der Waals surface area contributed by atoms with Gasteiger partial charge in [0.1, 0.15) is 0 Å². The van der Waals surface area contributed by atoms with E-state index in [-0.39, 0.29) is 60.7 Å². The van der Waals surface area contributed by atoms with Crippen molar-refractivity contribution < 1.29 is 42.6 Å². The molecule has 151 valence electrons. The summed E-state index contributed by atoms with van der Waals surface area (Å²) in [4.78, 5) is 0. The van der Waals surface area contributed by atoms with Gasteiger partial charge in [0.2, 0.25) is 0 Å².